The number of rotatable bonds is 3. The Kier molecular flexibility index (Phi) is 4.00. The Morgan fingerprint density at radius 3 is 2.29 bits per heavy atom. The Hall–Kier alpha value is -0.490. The average molecular weight is 204 g/mol. The van der Waals surface area contributed by atoms with Gasteiger partial charge in [-0.3, -0.25) is 0 Å². The molecule has 0 saturated carbocycles. The zero-order valence-electron chi connectivity index (χ0n) is 8.04. The molecule has 0 radical (unpaired) electrons. The molecule has 5 heteroatoms. The first-order valence-corrected chi connectivity index (χ1v) is 4.66. The number of aldehydes is 1. The summed E-state index contributed by atoms with van der Waals surface area (Å²) in [6.07, 6.45) is -1.50. The highest BCUT2D eigenvalue weighted by Crippen LogP contribution is 2.28. The second kappa shape index (κ2) is 4.84. The summed E-state index contributed by atoms with van der Waals surface area (Å²) in [5.41, 5.74) is 0. The molecule has 0 amide bonds. The van der Waals surface area contributed by atoms with Crippen molar-refractivity contribution in [1.82, 2.24) is 0 Å². The van der Waals surface area contributed by atoms with Crippen molar-refractivity contribution in [2.45, 2.75) is 25.2 Å². The van der Waals surface area contributed by atoms with Crippen molar-refractivity contribution in [3.05, 3.63) is 0 Å². The third-order valence-corrected chi connectivity index (χ3v) is 2.82. The molecule has 82 valence electrons. The Morgan fingerprint density at radius 1 is 1.29 bits per heavy atom. The molecule has 1 fully saturated rings. The molecule has 14 heavy (non-hydrogen) atoms. The lowest BCUT2D eigenvalue weighted by molar-refractivity contribution is -0.186. The van der Waals surface area contributed by atoms with Crippen LogP contribution in [0.2, 0.25) is 0 Å². The van der Waals surface area contributed by atoms with Crippen LogP contribution in [-0.2, 0) is 9.53 Å². The number of hydrogen-bond donors (Lipinski definition) is 3. The van der Waals surface area contributed by atoms with Gasteiger partial charge in [-0.05, 0) is 0 Å². The lowest BCUT2D eigenvalue weighted by Gasteiger charge is -2.40. The summed E-state index contributed by atoms with van der Waals surface area (Å²) in [5.74, 6) is -1.02. The Morgan fingerprint density at radius 2 is 1.86 bits per heavy atom. The van der Waals surface area contributed by atoms with E-state index in [1.807, 2.05) is 0 Å². The van der Waals surface area contributed by atoms with Crippen molar-refractivity contribution in [3.63, 3.8) is 0 Å². The normalized spacial score (nSPS) is 43.6. The molecule has 1 rings (SSSR count). The van der Waals surface area contributed by atoms with Crippen molar-refractivity contribution in [1.29, 1.82) is 0 Å². The summed E-state index contributed by atoms with van der Waals surface area (Å²) < 4.78 is 5.28. The molecular weight excluding hydrogens is 188 g/mol. The van der Waals surface area contributed by atoms with E-state index >= 15 is 0 Å². The van der Waals surface area contributed by atoms with Gasteiger partial charge in [0.25, 0.3) is 0 Å². The smallest absolute Gasteiger partial charge is 0.128 e. The minimum absolute atomic E-state index is 0.222. The summed E-state index contributed by atoms with van der Waals surface area (Å²) in [6.45, 7) is 1.15. The fourth-order valence-corrected chi connectivity index (χ4v) is 1.77. The van der Waals surface area contributed by atoms with E-state index in [1.165, 1.54) is 0 Å². The van der Waals surface area contributed by atoms with E-state index in [0.29, 0.717) is 6.29 Å². The van der Waals surface area contributed by atoms with E-state index in [9.17, 15) is 9.90 Å². The first-order chi connectivity index (χ1) is 6.65. The van der Waals surface area contributed by atoms with E-state index in [1.54, 1.807) is 6.92 Å². The van der Waals surface area contributed by atoms with Crippen LogP contribution in [0.4, 0.5) is 0 Å². The van der Waals surface area contributed by atoms with E-state index in [-0.39, 0.29) is 19.1 Å². The van der Waals surface area contributed by atoms with Gasteiger partial charge in [-0.2, -0.15) is 0 Å². The number of ether oxygens (including phenoxy) is 1. The lowest BCUT2D eigenvalue weighted by Crippen LogP contribution is -2.53. The van der Waals surface area contributed by atoms with Gasteiger partial charge in [0.1, 0.15) is 6.29 Å². The van der Waals surface area contributed by atoms with Gasteiger partial charge in [0.05, 0.1) is 37.4 Å². The molecule has 5 nitrogen and oxygen atoms in total. The van der Waals surface area contributed by atoms with Gasteiger partial charge in [0.15, 0.2) is 0 Å². The number of aliphatic hydroxyl groups is 3. The van der Waals surface area contributed by atoms with E-state index in [4.69, 9.17) is 14.9 Å². The second-order valence-electron chi connectivity index (χ2n) is 3.64. The van der Waals surface area contributed by atoms with E-state index in [0.717, 1.165) is 0 Å². The number of aliphatic hydroxyl groups excluding tert-OH is 3. The van der Waals surface area contributed by atoms with Crippen LogP contribution in [0.25, 0.3) is 0 Å². The van der Waals surface area contributed by atoms with Gasteiger partial charge in [-0.25, -0.2) is 0 Å². The minimum atomic E-state index is -0.865. The van der Waals surface area contributed by atoms with Crippen molar-refractivity contribution in [3.8, 4) is 0 Å². The fraction of sp³-hybridized carbons (Fsp3) is 0.889. The topological polar surface area (TPSA) is 87.0 Å². The molecule has 1 heterocycles. The Bertz CT molecular complexity index is 194. The monoisotopic (exact) mass is 204 g/mol. The van der Waals surface area contributed by atoms with Crippen LogP contribution in [0.15, 0.2) is 0 Å². The molecule has 1 saturated heterocycles. The van der Waals surface area contributed by atoms with Crippen LogP contribution in [0.1, 0.15) is 6.92 Å². The summed E-state index contributed by atoms with van der Waals surface area (Å²) in [4.78, 5) is 10.7. The van der Waals surface area contributed by atoms with E-state index in [2.05, 4.69) is 0 Å². The van der Waals surface area contributed by atoms with Gasteiger partial charge in [0, 0.05) is 5.92 Å². The molecule has 0 aromatic heterocycles. The highest BCUT2D eigenvalue weighted by atomic mass is 16.5. The molecule has 0 bridgehead atoms. The van der Waals surface area contributed by atoms with Crippen LogP contribution in [0.5, 0.6) is 0 Å². The predicted molar refractivity (Wildman–Crippen MR) is 47.6 cm³/mol. The molecule has 2 unspecified atom stereocenters. The maximum absolute atomic E-state index is 10.7. The van der Waals surface area contributed by atoms with Crippen LogP contribution in [0, 0.1) is 11.8 Å². The van der Waals surface area contributed by atoms with Crippen LogP contribution in [-0.4, -0.2) is 53.1 Å². The van der Waals surface area contributed by atoms with Gasteiger partial charge in [0.2, 0.25) is 0 Å². The average Bonchev–Trinajstić information content (AvgIpc) is 2.21. The lowest BCUT2D eigenvalue weighted by atomic mass is 9.83. The SMILES string of the molecule is C[C@@H]1C(CO)O[C@@H](CO)C(C=O)[C@@H]1O. The Balaban J connectivity index is 2.76. The van der Waals surface area contributed by atoms with Gasteiger partial charge >= 0.3 is 0 Å². The molecule has 3 N–H and O–H groups in total. The largest absolute Gasteiger partial charge is 0.394 e. The van der Waals surface area contributed by atoms with Gasteiger partial charge in [-0.1, -0.05) is 6.92 Å². The zero-order chi connectivity index (χ0) is 10.7. The fourth-order valence-electron chi connectivity index (χ4n) is 1.77. The molecule has 0 aromatic rings. The van der Waals surface area contributed by atoms with Crippen LogP contribution in [0.3, 0.4) is 0 Å². The molecule has 0 spiro atoms. The summed E-state index contributed by atoms with van der Waals surface area (Å²) in [6, 6.07) is 0. The van der Waals surface area contributed by atoms with Crippen molar-refractivity contribution in [2.24, 2.45) is 11.8 Å². The van der Waals surface area contributed by atoms with Crippen molar-refractivity contribution >= 4 is 6.29 Å². The second-order valence-corrected chi connectivity index (χ2v) is 3.64. The number of carbonyl (C=O) groups is 1. The maximum Gasteiger partial charge on any atom is 0.128 e. The molecule has 0 aromatic carbocycles. The summed E-state index contributed by atoms with van der Waals surface area (Å²) in [7, 11) is 0. The third-order valence-electron chi connectivity index (χ3n) is 2.82. The number of carbonyl (C=O) groups excluding carboxylic acids is 1. The van der Waals surface area contributed by atoms with Crippen LogP contribution >= 0.6 is 0 Å². The summed E-state index contributed by atoms with van der Waals surface area (Å²) in [5, 5.41) is 27.6. The standard InChI is InChI=1S/C9H16O5/c1-5-7(3-11)14-8(4-12)6(2-10)9(5)13/h2,5-9,11-13H,3-4H2,1H3/t5-,6?,7?,8+,9-/m1/s1. The third kappa shape index (κ3) is 1.95. The minimum Gasteiger partial charge on any atom is -0.394 e. The highest BCUT2D eigenvalue weighted by Gasteiger charge is 2.42. The number of hydrogen-bond acceptors (Lipinski definition) is 5. The first kappa shape index (κ1) is 11.6. The highest BCUT2D eigenvalue weighted by molar-refractivity contribution is 5.56. The molecule has 5 atom stereocenters. The molecule has 0 aliphatic carbocycles. The molecular formula is C9H16O5. The van der Waals surface area contributed by atoms with Crippen LogP contribution < -0.4 is 0 Å². The van der Waals surface area contributed by atoms with Gasteiger partial charge < -0.3 is 24.9 Å². The Labute approximate surface area is 82.3 Å². The molecule has 1 aliphatic heterocycles. The first-order valence-electron chi connectivity index (χ1n) is 4.66. The van der Waals surface area contributed by atoms with E-state index < -0.39 is 24.2 Å². The zero-order valence-corrected chi connectivity index (χ0v) is 8.04. The molecule has 1 aliphatic rings. The maximum atomic E-state index is 10.7. The van der Waals surface area contributed by atoms with Crippen molar-refractivity contribution in [2.75, 3.05) is 13.2 Å². The van der Waals surface area contributed by atoms with Crippen molar-refractivity contribution < 1.29 is 24.9 Å². The summed E-state index contributed by atoms with van der Waals surface area (Å²) >= 11 is 0. The van der Waals surface area contributed by atoms with Gasteiger partial charge in [-0.15, -0.1) is 0 Å². The predicted octanol–water partition coefficient (Wildman–Crippen LogP) is -1.45. The quantitative estimate of drug-likeness (QED) is 0.490.